The number of aromatic nitrogens is 1. The van der Waals surface area contributed by atoms with E-state index in [1.807, 2.05) is 58.0 Å². The number of rotatable bonds is 7. The number of thiazole rings is 1. The standard InChI is InChI=1S/C24H24N2O4S/c1-5-28-16-7-8-19-22(10-16)31-24(25-19)26-23(27)9-14(3)17-11-18-15(4)13-30-21(18)12-20(17)29-6-2/h7-13H,5-6H2,1-4H3,(H,25,26,27)/b14-9+. The number of benzene rings is 2. The average Bonchev–Trinajstić information content (AvgIpc) is 3.30. The van der Waals surface area contributed by atoms with Crippen molar-refractivity contribution in [3.05, 3.63) is 53.8 Å². The molecule has 2 heterocycles. The van der Waals surface area contributed by atoms with Crippen molar-refractivity contribution in [1.82, 2.24) is 4.98 Å². The summed E-state index contributed by atoms with van der Waals surface area (Å²) in [7, 11) is 0. The Morgan fingerprint density at radius 2 is 2.00 bits per heavy atom. The zero-order chi connectivity index (χ0) is 22.0. The van der Waals surface area contributed by atoms with E-state index in [1.165, 1.54) is 11.3 Å². The Kier molecular flexibility index (Phi) is 5.95. The van der Waals surface area contributed by atoms with Crippen LogP contribution in [0.3, 0.4) is 0 Å². The van der Waals surface area contributed by atoms with E-state index in [2.05, 4.69) is 10.3 Å². The highest BCUT2D eigenvalue weighted by molar-refractivity contribution is 7.22. The molecule has 0 unspecified atom stereocenters. The second-order valence-electron chi connectivity index (χ2n) is 7.09. The number of ether oxygens (including phenoxy) is 2. The minimum Gasteiger partial charge on any atom is -0.494 e. The molecule has 0 fully saturated rings. The van der Waals surface area contributed by atoms with Crippen LogP contribution in [-0.2, 0) is 4.79 Å². The van der Waals surface area contributed by atoms with Crippen molar-refractivity contribution in [1.29, 1.82) is 0 Å². The average molecular weight is 437 g/mol. The summed E-state index contributed by atoms with van der Waals surface area (Å²) in [6.07, 6.45) is 3.29. The molecule has 4 rings (SSSR count). The van der Waals surface area contributed by atoms with E-state index in [0.717, 1.165) is 43.6 Å². The molecular weight excluding hydrogens is 412 g/mol. The molecule has 7 heteroatoms. The van der Waals surface area contributed by atoms with E-state index >= 15 is 0 Å². The summed E-state index contributed by atoms with van der Waals surface area (Å²) < 4.78 is 17.9. The summed E-state index contributed by atoms with van der Waals surface area (Å²) in [5.41, 5.74) is 4.28. The number of allylic oxidation sites excluding steroid dienone is 1. The van der Waals surface area contributed by atoms with Crippen molar-refractivity contribution in [3.8, 4) is 11.5 Å². The smallest absolute Gasteiger partial charge is 0.250 e. The van der Waals surface area contributed by atoms with Crippen LogP contribution >= 0.6 is 11.3 Å². The Bertz CT molecular complexity index is 1290. The molecule has 0 aliphatic rings. The highest BCUT2D eigenvalue weighted by Crippen LogP contribution is 2.34. The van der Waals surface area contributed by atoms with Crippen LogP contribution in [0, 0.1) is 6.92 Å². The fraction of sp³-hybridized carbons (Fsp3) is 0.250. The van der Waals surface area contributed by atoms with Gasteiger partial charge in [-0.1, -0.05) is 11.3 Å². The Morgan fingerprint density at radius 1 is 1.19 bits per heavy atom. The quantitative estimate of drug-likeness (QED) is 0.350. The molecule has 1 amide bonds. The van der Waals surface area contributed by atoms with Gasteiger partial charge in [0.05, 0.1) is 29.7 Å². The first-order valence-corrected chi connectivity index (χ1v) is 11.0. The second-order valence-corrected chi connectivity index (χ2v) is 8.13. The molecule has 160 valence electrons. The van der Waals surface area contributed by atoms with Crippen molar-refractivity contribution in [2.45, 2.75) is 27.7 Å². The van der Waals surface area contributed by atoms with E-state index in [4.69, 9.17) is 13.9 Å². The van der Waals surface area contributed by atoms with Gasteiger partial charge in [-0.15, -0.1) is 0 Å². The number of anilines is 1. The maximum Gasteiger partial charge on any atom is 0.250 e. The van der Waals surface area contributed by atoms with Crippen LogP contribution in [0.15, 0.2) is 47.1 Å². The van der Waals surface area contributed by atoms with E-state index < -0.39 is 0 Å². The van der Waals surface area contributed by atoms with Gasteiger partial charge in [0.15, 0.2) is 5.13 Å². The zero-order valence-electron chi connectivity index (χ0n) is 17.9. The van der Waals surface area contributed by atoms with E-state index in [1.54, 1.807) is 12.3 Å². The van der Waals surface area contributed by atoms with Gasteiger partial charge in [0, 0.05) is 23.1 Å². The molecule has 0 bridgehead atoms. The number of nitrogens with zero attached hydrogens (tertiary/aromatic N) is 1. The summed E-state index contributed by atoms with van der Waals surface area (Å²) in [6.45, 7) is 8.88. The number of hydrogen-bond donors (Lipinski definition) is 1. The monoisotopic (exact) mass is 436 g/mol. The number of hydrogen-bond acceptors (Lipinski definition) is 6. The highest BCUT2D eigenvalue weighted by Gasteiger charge is 2.14. The molecule has 0 saturated heterocycles. The predicted molar refractivity (Wildman–Crippen MR) is 125 cm³/mol. The zero-order valence-corrected chi connectivity index (χ0v) is 18.8. The minimum atomic E-state index is -0.243. The molecule has 4 aromatic rings. The summed E-state index contributed by atoms with van der Waals surface area (Å²) in [6, 6.07) is 9.59. The number of amides is 1. The lowest BCUT2D eigenvalue weighted by molar-refractivity contribution is -0.111. The second kappa shape index (κ2) is 8.81. The summed E-state index contributed by atoms with van der Waals surface area (Å²) >= 11 is 1.42. The third kappa shape index (κ3) is 4.41. The van der Waals surface area contributed by atoms with Crippen LogP contribution in [-0.4, -0.2) is 24.1 Å². The molecule has 0 saturated carbocycles. The molecule has 0 radical (unpaired) electrons. The highest BCUT2D eigenvalue weighted by atomic mass is 32.1. The number of nitrogens with one attached hydrogen (secondary N) is 1. The van der Waals surface area contributed by atoms with Crippen LogP contribution in [0.2, 0.25) is 0 Å². The molecule has 0 aliphatic heterocycles. The van der Waals surface area contributed by atoms with Gasteiger partial charge in [0.1, 0.15) is 17.1 Å². The molecule has 2 aromatic carbocycles. The Morgan fingerprint density at radius 3 is 2.77 bits per heavy atom. The Balaban J connectivity index is 1.59. The van der Waals surface area contributed by atoms with E-state index in [0.29, 0.717) is 24.1 Å². The number of carbonyl (C=O) groups is 1. The fourth-order valence-electron chi connectivity index (χ4n) is 3.40. The van der Waals surface area contributed by atoms with Gasteiger partial charge in [-0.2, -0.15) is 0 Å². The van der Waals surface area contributed by atoms with Gasteiger partial charge in [0.2, 0.25) is 5.91 Å². The van der Waals surface area contributed by atoms with Crippen LogP contribution in [0.25, 0.3) is 26.8 Å². The van der Waals surface area contributed by atoms with Gasteiger partial charge in [0.25, 0.3) is 0 Å². The third-order valence-electron chi connectivity index (χ3n) is 4.84. The molecule has 6 nitrogen and oxygen atoms in total. The normalized spacial score (nSPS) is 11.8. The lowest BCUT2D eigenvalue weighted by Gasteiger charge is -2.11. The molecule has 2 aromatic heterocycles. The topological polar surface area (TPSA) is 73.6 Å². The number of aryl methyl sites for hydroxylation is 1. The maximum absolute atomic E-state index is 12.7. The van der Waals surface area contributed by atoms with Crippen LogP contribution < -0.4 is 14.8 Å². The number of furan rings is 1. The first-order chi connectivity index (χ1) is 15.0. The third-order valence-corrected chi connectivity index (χ3v) is 5.78. The SMILES string of the molecule is CCOc1ccc2nc(NC(=O)/C=C(\C)c3cc4c(C)coc4cc3OCC)sc2c1. The maximum atomic E-state index is 12.7. The van der Waals surface area contributed by atoms with Crippen molar-refractivity contribution in [2.24, 2.45) is 0 Å². The van der Waals surface area contributed by atoms with Crippen LogP contribution in [0.1, 0.15) is 31.9 Å². The molecule has 1 N–H and O–H groups in total. The molecule has 31 heavy (non-hydrogen) atoms. The van der Waals surface area contributed by atoms with E-state index in [-0.39, 0.29) is 5.91 Å². The lowest BCUT2D eigenvalue weighted by Crippen LogP contribution is -2.08. The summed E-state index contributed by atoms with van der Waals surface area (Å²) in [4.78, 5) is 17.2. The first kappa shape index (κ1) is 20.9. The van der Waals surface area contributed by atoms with E-state index in [9.17, 15) is 4.79 Å². The molecule has 0 spiro atoms. The van der Waals surface area contributed by atoms with Crippen molar-refractivity contribution >= 4 is 49.1 Å². The molecule has 0 atom stereocenters. The van der Waals surface area contributed by atoms with Gasteiger partial charge < -0.3 is 13.9 Å². The van der Waals surface area contributed by atoms with Crippen molar-refractivity contribution in [2.75, 3.05) is 18.5 Å². The van der Waals surface area contributed by atoms with Gasteiger partial charge in [-0.05, 0) is 63.1 Å². The lowest BCUT2D eigenvalue weighted by atomic mass is 10.0. The molecule has 0 aliphatic carbocycles. The first-order valence-electron chi connectivity index (χ1n) is 10.2. The van der Waals surface area contributed by atoms with Gasteiger partial charge in [-0.3, -0.25) is 10.1 Å². The van der Waals surface area contributed by atoms with Crippen molar-refractivity contribution < 1.29 is 18.7 Å². The molecular formula is C24H24N2O4S. The van der Waals surface area contributed by atoms with Crippen LogP contribution in [0.4, 0.5) is 5.13 Å². The van der Waals surface area contributed by atoms with Gasteiger partial charge in [-0.25, -0.2) is 4.98 Å². The fourth-order valence-corrected chi connectivity index (χ4v) is 4.29. The summed E-state index contributed by atoms with van der Waals surface area (Å²) in [5, 5.41) is 4.42. The number of fused-ring (bicyclic) bond motifs is 2. The largest absolute Gasteiger partial charge is 0.494 e. The Hall–Kier alpha value is -3.32. The summed E-state index contributed by atoms with van der Waals surface area (Å²) in [5.74, 6) is 1.24. The predicted octanol–water partition coefficient (Wildman–Crippen LogP) is 6.19. The minimum absolute atomic E-state index is 0.243. The van der Waals surface area contributed by atoms with Crippen LogP contribution in [0.5, 0.6) is 11.5 Å². The Labute approximate surface area is 184 Å². The van der Waals surface area contributed by atoms with Crippen molar-refractivity contribution in [3.63, 3.8) is 0 Å². The van der Waals surface area contributed by atoms with Gasteiger partial charge >= 0.3 is 0 Å². The number of carbonyl (C=O) groups excluding carboxylic acids is 1.